The third-order valence-corrected chi connectivity index (χ3v) is 1.93. The fraction of sp³-hybridized carbons (Fsp3) is 0.636. The Bertz CT molecular complexity index is 304. The third kappa shape index (κ3) is 4.93. The van der Waals surface area contributed by atoms with Crippen LogP contribution in [0.2, 0.25) is 0 Å². The van der Waals surface area contributed by atoms with Gasteiger partial charge in [-0.1, -0.05) is 13.8 Å². The molecule has 0 saturated carbocycles. The van der Waals surface area contributed by atoms with E-state index < -0.39 is 0 Å². The fourth-order valence-corrected chi connectivity index (χ4v) is 1.16. The number of rotatable bonds is 7. The minimum Gasteiger partial charge on any atom is -0.379 e. The van der Waals surface area contributed by atoms with Crippen LogP contribution in [0.15, 0.2) is 12.4 Å². The Morgan fingerprint density at radius 3 is 2.75 bits per heavy atom. The standard InChI is InChI=1S/C11H20N4O/c1-9(2)7-16-5-4-13-11-6-10(12-3)14-8-15-11/h6,8-9H,4-5,7H2,1-3H3,(H2,12,13,14,15). The molecule has 1 aromatic rings. The highest BCUT2D eigenvalue weighted by Gasteiger charge is 1.97. The number of hydrogen-bond acceptors (Lipinski definition) is 5. The van der Waals surface area contributed by atoms with E-state index in [4.69, 9.17) is 4.74 Å². The van der Waals surface area contributed by atoms with Crippen molar-refractivity contribution in [2.75, 3.05) is 37.4 Å². The molecule has 2 N–H and O–H groups in total. The van der Waals surface area contributed by atoms with Gasteiger partial charge in [0.25, 0.3) is 0 Å². The van der Waals surface area contributed by atoms with Crippen molar-refractivity contribution in [1.29, 1.82) is 0 Å². The minimum absolute atomic E-state index is 0.579. The summed E-state index contributed by atoms with van der Waals surface area (Å²) < 4.78 is 5.45. The lowest BCUT2D eigenvalue weighted by molar-refractivity contribution is 0.118. The van der Waals surface area contributed by atoms with E-state index >= 15 is 0 Å². The summed E-state index contributed by atoms with van der Waals surface area (Å²) in [5, 5.41) is 6.14. The first-order valence-corrected chi connectivity index (χ1v) is 5.53. The van der Waals surface area contributed by atoms with E-state index in [9.17, 15) is 0 Å². The summed E-state index contributed by atoms with van der Waals surface area (Å²) in [4.78, 5) is 8.13. The molecule has 5 heteroatoms. The maximum Gasteiger partial charge on any atom is 0.131 e. The molecule has 0 aliphatic carbocycles. The van der Waals surface area contributed by atoms with Crippen LogP contribution in [0, 0.1) is 5.92 Å². The molecule has 5 nitrogen and oxygen atoms in total. The van der Waals surface area contributed by atoms with Crippen molar-refractivity contribution in [3.05, 3.63) is 12.4 Å². The van der Waals surface area contributed by atoms with Gasteiger partial charge in [-0.15, -0.1) is 0 Å². The Labute approximate surface area is 96.6 Å². The molecule has 1 rings (SSSR count). The zero-order chi connectivity index (χ0) is 11.8. The van der Waals surface area contributed by atoms with Gasteiger partial charge in [0, 0.05) is 26.3 Å². The van der Waals surface area contributed by atoms with Gasteiger partial charge >= 0.3 is 0 Å². The Morgan fingerprint density at radius 2 is 2.06 bits per heavy atom. The lowest BCUT2D eigenvalue weighted by atomic mass is 10.2. The van der Waals surface area contributed by atoms with Crippen LogP contribution in [0.25, 0.3) is 0 Å². The molecular weight excluding hydrogens is 204 g/mol. The average molecular weight is 224 g/mol. The predicted octanol–water partition coefficient (Wildman–Crippen LogP) is 1.60. The molecule has 0 aliphatic rings. The SMILES string of the molecule is CNc1cc(NCCOCC(C)C)ncn1. The molecule has 0 radical (unpaired) electrons. The van der Waals surface area contributed by atoms with Gasteiger partial charge in [-0.2, -0.15) is 0 Å². The van der Waals surface area contributed by atoms with Gasteiger partial charge in [0.05, 0.1) is 6.61 Å². The molecule has 16 heavy (non-hydrogen) atoms. The predicted molar refractivity (Wildman–Crippen MR) is 65.7 cm³/mol. The summed E-state index contributed by atoms with van der Waals surface area (Å²) >= 11 is 0. The van der Waals surface area contributed by atoms with Crippen LogP contribution in [0.5, 0.6) is 0 Å². The van der Waals surface area contributed by atoms with Gasteiger partial charge in [-0.05, 0) is 5.92 Å². The number of ether oxygens (including phenoxy) is 1. The van der Waals surface area contributed by atoms with Crippen molar-refractivity contribution in [1.82, 2.24) is 9.97 Å². The smallest absolute Gasteiger partial charge is 0.131 e. The Morgan fingerprint density at radius 1 is 1.31 bits per heavy atom. The number of nitrogens with zero attached hydrogens (tertiary/aromatic N) is 2. The van der Waals surface area contributed by atoms with E-state index in [0.717, 1.165) is 24.8 Å². The number of aromatic nitrogens is 2. The highest BCUT2D eigenvalue weighted by Crippen LogP contribution is 2.06. The van der Waals surface area contributed by atoms with Gasteiger partial charge in [-0.25, -0.2) is 9.97 Å². The summed E-state index contributed by atoms with van der Waals surface area (Å²) in [7, 11) is 1.83. The van der Waals surface area contributed by atoms with Crippen molar-refractivity contribution in [3.8, 4) is 0 Å². The Balaban J connectivity index is 2.21. The van der Waals surface area contributed by atoms with Gasteiger partial charge in [-0.3, -0.25) is 0 Å². The fourth-order valence-electron chi connectivity index (χ4n) is 1.16. The summed E-state index contributed by atoms with van der Waals surface area (Å²) in [6.07, 6.45) is 1.53. The monoisotopic (exact) mass is 224 g/mol. The summed E-state index contributed by atoms with van der Waals surface area (Å²) in [5.74, 6) is 2.20. The Hall–Kier alpha value is -1.36. The largest absolute Gasteiger partial charge is 0.379 e. The Kier molecular flexibility index (Phi) is 5.56. The molecule has 0 aromatic carbocycles. The number of hydrogen-bond donors (Lipinski definition) is 2. The van der Waals surface area contributed by atoms with E-state index in [0.29, 0.717) is 12.5 Å². The molecule has 0 atom stereocenters. The van der Waals surface area contributed by atoms with Crippen molar-refractivity contribution in [2.45, 2.75) is 13.8 Å². The third-order valence-electron chi connectivity index (χ3n) is 1.93. The molecule has 0 saturated heterocycles. The second-order valence-electron chi connectivity index (χ2n) is 3.93. The van der Waals surface area contributed by atoms with Gasteiger partial charge in [0.1, 0.15) is 18.0 Å². The first-order chi connectivity index (χ1) is 7.72. The maximum absolute atomic E-state index is 5.45. The minimum atomic E-state index is 0.579. The maximum atomic E-state index is 5.45. The molecule has 1 aromatic heterocycles. The van der Waals surface area contributed by atoms with Crippen LogP contribution in [0.3, 0.4) is 0 Å². The first kappa shape index (κ1) is 12.7. The first-order valence-electron chi connectivity index (χ1n) is 5.53. The van der Waals surface area contributed by atoms with Crippen molar-refractivity contribution < 1.29 is 4.74 Å². The van der Waals surface area contributed by atoms with Crippen LogP contribution in [0.4, 0.5) is 11.6 Å². The second kappa shape index (κ2) is 7.00. The normalized spacial score (nSPS) is 10.5. The van der Waals surface area contributed by atoms with E-state index in [1.54, 1.807) is 0 Å². The summed E-state index contributed by atoms with van der Waals surface area (Å²) in [6.45, 7) is 6.52. The van der Waals surface area contributed by atoms with Crippen molar-refractivity contribution in [2.24, 2.45) is 5.92 Å². The topological polar surface area (TPSA) is 59.1 Å². The average Bonchev–Trinajstić information content (AvgIpc) is 2.28. The van der Waals surface area contributed by atoms with Gasteiger partial charge in [0.2, 0.25) is 0 Å². The number of nitrogens with one attached hydrogen (secondary N) is 2. The van der Waals surface area contributed by atoms with Crippen molar-refractivity contribution >= 4 is 11.6 Å². The molecule has 90 valence electrons. The zero-order valence-corrected chi connectivity index (χ0v) is 10.2. The molecular formula is C11H20N4O. The molecule has 0 spiro atoms. The van der Waals surface area contributed by atoms with E-state index in [2.05, 4.69) is 34.4 Å². The van der Waals surface area contributed by atoms with E-state index in [1.165, 1.54) is 6.33 Å². The lowest BCUT2D eigenvalue weighted by Crippen LogP contribution is -2.13. The molecule has 0 aliphatic heterocycles. The van der Waals surface area contributed by atoms with Crippen LogP contribution in [-0.2, 0) is 4.74 Å². The number of anilines is 2. The lowest BCUT2D eigenvalue weighted by Gasteiger charge is -2.08. The summed E-state index contributed by atoms with van der Waals surface area (Å²) in [5.41, 5.74) is 0. The zero-order valence-electron chi connectivity index (χ0n) is 10.2. The highest BCUT2D eigenvalue weighted by atomic mass is 16.5. The molecule has 0 amide bonds. The van der Waals surface area contributed by atoms with Crippen LogP contribution < -0.4 is 10.6 Å². The van der Waals surface area contributed by atoms with Gasteiger partial charge < -0.3 is 15.4 Å². The quantitative estimate of drug-likeness (QED) is 0.689. The van der Waals surface area contributed by atoms with Crippen molar-refractivity contribution in [3.63, 3.8) is 0 Å². The summed E-state index contributed by atoms with van der Waals surface area (Å²) in [6, 6.07) is 1.86. The molecule has 0 bridgehead atoms. The van der Waals surface area contributed by atoms with E-state index in [-0.39, 0.29) is 0 Å². The molecule has 0 unspecified atom stereocenters. The van der Waals surface area contributed by atoms with Crippen LogP contribution >= 0.6 is 0 Å². The van der Waals surface area contributed by atoms with Crippen LogP contribution in [0.1, 0.15) is 13.8 Å². The second-order valence-corrected chi connectivity index (χ2v) is 3.93. The molecule has 0 fully saturated rings. The van der Waals surface area contributed by atoms with E-state index in [1.807, 2.05) is 13.1 Å². The van der Waals surface area contributed by atoms with Gasteiger partial charge in [0.15, 0.2) is 0 Å². The molecule has 1 heterocycles. The van der Waals surface area contributed by atoms with Crippen LogP contribution in [-0.4, -0.2) is 36.8 Å². The highest BCUT2D eigenvalue weighted by molar-refractivity contribution is 5.45.